The van der Waals surface area contributed by atoms with Crippen molar-refractivity contribution in [2.24, 2.45) is 5.92 Å². The molecule has 0 saturated carbocycles. The predicted octanol–water partition coefficient (Wildman–Crippen LogP) is 3.59. The molecule has 1 heterocycles. The second-order valence-corrected chi connectivity index (χ2v) is 5.62. The van der Waals surface area contributed by atoms with Gasteiger partial charge in [0.05, 0.1) is 5.75 Å². The molecule has 0 saturated heterocycles. The molecule has 1 aromatic rings. The van der Waals surface area contributed by atoms with Crippen LogP contribution in [-0.2, 0) is 12.2 Å². The highest BCUT2D eigenvalue weighted by atomic mass is 32.2. The van der Waals surface area contributed by atoms with Crippen molar-refractivity contribution in [3.8, 4) is 0 Å². The molecule has 0 fully saturated rings. The number of aromatic amines is 1. The molecule has 4 heteroatoms. The average Bonchev–Trinajstić information content (AvgIpc) is 2.12. The van der Waals surface area contributed by atoms with E-state index in [1.165, 1.54) is 5.69 Å². The number of aromatic nitrogens is 2. The summed E-state index contributed by atoms with van der Waals surface area (Å²) in [4.78, 5) is 7.67. The second kappa shape index (κ2) is 6.28. The van der Waals surface area contributed by atoms with E-state index in [-0.39, 0.29) is 0 Å². The Morgan fingerprint density at radius 2 is 2.27 bits per heavy atom. The van der Waals surface area contributed by atoms with E-state index in [2.05, 4.69) is 30.7 Å². The van der Waals surface area contributed by atoms with Crippen molar-refractivity contribution in [3.05, 3.63) is 22.2 Å². The summed E-state index contributed by atoms with van der Waals surface area (Å²) in [6.45, 7) is 6.56. The number of hydrogen-bond donors (Lipinski definition) is 1. The van der Waals surface area contributed by atoms with Gasteiger partial charge in [-0.05, 0) is 24.2 Å². The lowest BCUT2D eigenvalue weighted by Crippen LogP contribution is -2.02. The Morgan fingerprint density at radius 3 is 2.87 bits per heavy atom. The molecule has 0 aliphatic heterocycles. The van der Waals surface area contributed by atoms with Crippen LogP contribution in [-0.4, -0.2) is 15.7 Å². The van der Waals surface area contributed by atoms with E-state index in [0.29, 0.717) is 10.6 Å². The first-order valence-electron chi connectivity index (χ1n) is 5.28. The number of nitrogens with zero attached hydrogens (tertiary/aromatic N) is 1. The lowest BCUT2D eigenvalue weighted by Gasteiger charge is -2.07. The quantitative estimate of drug-likeness (QED) is 0.800. The van der Waals surface area contributed by atoms with Gasteiger partial charge in [-0.1, -0.05) is 33.0 Å². The van der Waals surface area contributed by atoms with Gasteiger partial charge in [0, 0.05) is 5.69 Å². The van der Waals surface area contributed by atoms with Gasteiger partial charge in [-0.25, -0.2) is 4.98 Å². The molecule has 0 bridgehead atoms. The van der Waals surface area contributed by atoms with Crippen molar-refractivity contribution in [1.29, 1.82) is 0 Å². The first-order valence-corrected chi connectivity index (χ1v) is 6.85. The maximum Gasteiger partial charge on any atom is 0.130 e. The summed E-state index contributed by atoms with van der Waals surface area (Å²) in [6.07, 6.45) is 1.04. The molecule has 0 aromatic carbocycles. The maximum absolute atomic E-state index is 5.15. The molecule has 84 valence electrons. The highest BCUT2D eigenvalue weighted by molar-refractivity contribution is 7.98. The summed E-state index contributed by atoms with van der Waals surface area (Å²) < 4.78 is 0.705. The molecule has 1 rings (SSSR count). The van der Waals surface area contributed by atoms with Crippen molar-refractivity contribution in [1.82, 2.24) is 9.97 Å². The first-order chi connectivity index (χ1) is 7.11. The molecule has 0 spiro atoms. The monoisotopic (exact) mass is 242 g/mol. The van der Waals surface area contributed by atoms with Gasteiger partial charge in [0.1, 0.15) is 10.5 Å². The van der Waals surface area contributed by atoms with E-state index in [1.807, 2.05) is 17.8 Å². The molecule has 1 N–H and O–H groups in total. The van der Waals surface area contributed by atoms with Crippen LogP contribution in [0.2, 0.25) is 0 Å². The van der Waals surface area contributed by atoms with Crippen LogP contribution in [0.1, 0.15) is 32.3 Å². The van der Waals surface area contributed by atoms with Gasteiger partial charge in [0.15, 0.2) is 0 Å². The topological polar surface area (TPSA) is 28.7 Å². The third-order valence-electron chi connectivity index (χ3n) is 1.92. The van der Waals surface area contributed by atoms with Gasteiger partial charge in [-0.3, -0.25) is 0 Å². The number of thioether (sulfide) groups is 1. The average molecular weight is 242 g/mol. The summed E-state index contributed by atoms with van der Waals surface area (Å²) in [5, 5.41) is 0. The molecule has 2 nitrogen and oxygen atoms in total. The van der Waals surface area contributed by atoms with Crippen molar-refractivity contribution >= 4 is 24.0 Å². The maximum atomic E-state index is 5.15. The normalized spacial score (nSPS) is 10.9. The Labute approximate surface area is 101 Å². The molecule has 0 aliphatic rings. The molecular weight excluding hydrogens is 224 g/mol. The van der Waals surface area contributed by atoms with Crippen LogP contribution < -0.4 is 0 Å². The van der Waals surface area contributed by atoms with E-state index in [4.69, 9.17) is 12.2 Å². The number of nitrogens with one attached hydrogen (secondary N) is 1. The fourth-order valence-corrected chi connectivity index (χ4v) is 2.17. The van der Waals surface area contributed by atoms with Crippen LogP contribution in [0.4, 0.5) is 0 Å². The summed E-state index contributed by atoms with van der Waals surface area (Å²) in [5.41, 5.74) is 1.21. The molecule has 0 amide bonds. The largest absolute Gasteiger partial charge is 0.346 e. The van der Waals surface area contributed by atoms with Gasteiger partial charge < -0.3 is 4.98 Å². The minimum Gasteiger partial charge on any atom is -0.346 e. The lowest BCUT2D eigenvalue weighted by atomic mass is 10.1. The molecule has 1 aromatic heterocycles. The van der Waals surface area contributed by atoms with Crippen LogP contribution in [0.25, 0.3) is 0 Å². The number of rotatable bonds is 5. The van der Waals surface area contributed by atoms with E-state index in [0.717, 1.165) is 23.8 Å². The summed E-state index contributed by atoms with van der Waals surface area (Å²) in [5.74, 6) is 3.68. The molecular formula is C11H18N2S2. The van der Waals surface area contributed by atoms with Gasteiger partial charge in [0.2, 0.25) is 0 Å². The second-order valence-electron chi connectivity index (χ2n) is 3.93. The molecule has 15 heavy (non-hydrogen) atoms. The zero-order valence-electron chi connectivity index (χ0n) is 9.54. The first kappa shape index (κ1) is 12.7. The lowest BCUT2D eigenvalue weighted by molar-refractivity contribution is 0.631. The van der Waals surface area contributed by atoms with Gasteiger partial charge >= 0.3 is 0 Å². The van der Waals surface area contributed by atoms with E-state index >= 15 is 0 Å². The van der Waals surface area contributed by atoms with Crippen molar-refractivity contribution < 1.29 is 0 Å². The Hall–Kier alpha value is -0.350. The smallest absolute Gasteiger partial charge is 0.130 e. The zero-order valence-corrected chi connectivity index (χ0v) is 11.2. The third kappa shape index (κ3) is 4.80. The summed E-state index contributed by atoms with van der Waals surface area (Å²) in [7, 11) is 0. The Kier molecular flexibility index (Phi) is 5.32. The molecule has 0 aliphatic carbocycles. The van der Waals surface area contributed by atoms with Crippen LogP contribution in [0.15, 0.2) is 6.07 Å². The summed E-state index contributed by atoms with van der Waals surface area (Å²) >= 11 is 7.01. The highest BCUT2D eigenvalue weighted by Gasteiger charge is 2.01. The SMILES string of the molecule is CCSCc1nc(=S)cc(CC(C)C)[nH]1. The number of H-pyrrole nitrogens is 1. The molecule has 0 atom stereocenters. The number of hydrogen-bond acceptors (Lipinski definition) is 3. The van der Waals surface area contributed by atoms with Crippen molar-refractivity contribution in [2.45, 2.75) is 32.9 Å². The molecule has 0 radical (unpaired) electrons. The standard InChI is InChI=1S/C11H18N2S2/c1-4-15-7-10-12-9(5-8(2)3)6-11(14)13-10/h6,8H,4-5,7H2,1-3H3,(H,12,13,14). The summed E-state index contributed by atoms with van der Waals surface area (Å²) in [6, 6.07) is 1.97. The zero-order chi connectivity index (χ0) is 11.3. The van der Waals surface area contributed by atoms with Crippen LogP contribution in [0.3, 0.4) is 0 Å². The Balaban J connectivity index is 2.80. The van der Waals surface area contributed by atoms with E-state index < -0.39 is 0 Å². The van der Waals surface area contributed by atoms with Crippen molar-refractivity contribution in [2.75, 3.05) is 5.75 Å². The predicted molar refractivity (Wildman–Crippen MR) is 69.8 cm³/mol. The van der Waals surface area contributed by atoms with Crippen LogP contribution in [0, 0.1) is 10.6 Å². The Bertz CT molecular complexity index is 358. The fourth-order valence-electron chi connectivity index (χ4n) is 1.38. The van der Waals surface area contributed by atoms with E-state index in [9.17, 15) is 0 Å². The van der Waals surface area contributed by atoms with Gasteiger partial charge in [-0.2, -0.15) is 11.8 Å². The minimum atomic E-state index is 0.643. The third-order valence-corrected chi connectivity index (χ3v) is 3.01. The fraction of sp³-hybridized carbons (Fsp3) is 0.636. The van der Waals surface area contributed by atoms with E-state index in [1.54, 1.807) is 0 Å². The van der Waals surface area contributed by atoms with Crippen molar-refractivity contribution in [3.63, 3.8) is 0 Å². The van der Waals surface area contributed by atoms with Gasteiger partial charge in [0.25, 0.3) is 0 Å². The van der Waals surface area contributed by atoms with Gasteiger partial charge in [-0.15, -0.1) is 0 Å². The van der Waals surface area contributed by atoms with Crippen LogP contribution >= 0.6 is 24.0 Å². The minimum absolute atomic E-state index is 0.643. The highest BCUT2D eigenvalue weighted by Crippen LogP contribution is 2.10. The van der Waals surface area contributed by atoms with Crippen LogP contribution in [0.5, 0.6) is 0 Å². The molecule has 0 unspecified atom stereocenters. The Morgan fingerprint density at radius 1 is 1.53 bits per heavy atom.